The van der Waals surface area contributed by atoms with Crippen LogP contribution in [-0.4, -0.2) is 54.0 Å². The van der Waals surface area contributed by atoms with E-state index < -0.39 is 5.60 Å². The molecule has 1 aromatic heterocycles. The number of nitrogens with one attached hydrogen (secondary N) is 1. The molecule has 0 atom stereocenters. The quantitative estimate of drug-likeness (QED) is 0.837. The van der Waals surface area contributed by atoms with Gasteiger partial charge in [0.25, 0.3) is 11.8 Å². The number of benzene rings is 1. The van der Waals surface area contributed by atoms with Gasteiger partial charge in [-0.2, -0.15) is 0 Å². The second kappa shape index (κ2) is 7.09. The Morgan fingerprint density at radius 2 is 2.07 bits per heavy atom. The summed E-state index contributed by atoms with van der Waals surface area (Å²) in [6.45, 7) is 5.36. The van der Waals surface area contributed by atoms with Gasteiger partial charge in [0.05, 0.1) is 29.9 Å². The van der Waals surface area contributed by atoms with E-state index in [4.69, 9.17) is 9.47 Å². The van der Waals surface area contributed by atoms with Gasteiger partial charge in [0, 0.05) is 25.9 Å². The zero-order valence-electron chi connectivity index (χ0n) is 16.2. The molecule has 8 heteroatoms. The number of carbonyl (C=O) groups is 2. The van der Waals surface area contributed by atoms with Crippen molar-refractivity contribution in [3.05, 3.63) is 39.3 Å². The summed E-state index contributed by atoms with van der Waals surface area (Å²) in [5.74, 6) is 1.04. The molecular weight excluding hydrogens is 378 g/mol. The average Bonchev–Trinajstić information content (AvgIpc) is 2.97. The summed E-state index contributed by atoms with van der Waals surface area (Å²) in [5, 5.41) is 3.87. The Bertz CT molecular complexity index is 932. The van der Waals surface area contributed by atoms with E-state index in [1.54, 1.807) is 25.3 Å². The number of carbonyl (C=O) groups excluding carboxylic acids is 2. The van der Waals surface area contributed by atoms with E-state index in [9.17, 15) is 9.59 Å². The standard InChI is InChI=1S/C20H23N3O4S/c1-12-17(28-13(2)22-12)19(25)23-8-6-20(7-9-23)11-21-18(24)15-10-14(26-3)4-5-16(15)27-20/h4-5,10H,6-9,11H2,1-3H3,(H,21,24). The molecule has 0 saturated carbocycles. The van der Waals surface area contributed by atoms with Crippen LogP contribution in [0, 0.1) is 13.8 Å². The minimum absolute atomic E-state index is 0.0285. The van der Waals surface area contributed by atoms with E-state index >= 15 is 0 Å². The minimum Gasteiger partial charge on any atom is -0.497 e. The number of methoxy groups -OCH3 is 1. The predicted molar refractivity (Wildman–Crippen MR) is 105 cm³/mol. The number of piperidine rings is 1. The third kappa shape index (κ3) is 3.32. The SMILES string of the molecule is COc1ccc2c(c1)C(=O)NCC1(CCN(C(=O)c3sc(C)nc3C)CC1)O2. The highest BCUT2D eigenvalue weighted by molar-refractivity contribution is 7.13. The van der Waals surface area contributed by atoms with Gasteiger partial charge >= 0.3 is 0 Å². The molecule has 0 bridgehead atoms. The summed E-state index contributed by atoms with van der Waals surface area (Å²) in [6, 6.07) is 5.26. The molecule has 1 saturated heterocycles. The summed E-state index contributed by atoms with van der Waals surface area (Å²) < 4.78 is 11.5. The molecule has 28 heavy (non-hydrogen) atoms. The summed E-state index contributed by atoms with van der Waals surface area (Å²) in [4.78, 5) is 32.3. The van der Waals surface area contributed by atoms with Crippen LogP contribution in [0.4, 0.5) is 0 Å². The molecule has 1 N–H and O–H groups in total. The second-order valence-corrected chi connectivity index (χ2v) is 8.47. The number of amides is 2. The first-order valence-electron chi connectivity index (χ1n) is 9.29. The number of likely N-dealkylation sites (tertiary alicyclic amines) is 1. The molecule has 2 aliphatic rings. The van der Waals surface area contributed by atoms with Crippen LogP contribution in [0.5, 0.6) is 11.5 Å². The monoisotopic (exact) mass is 401 g/mol. The van der Waals surface area contributed by atoms with Crippen LogP contribution in [0.2, 0.25) is 0 Å². The maximum Gasteiger partial charge on any atom is 0.265 e. The van der Waals surface area contributed by atoms with Crippen molar-refractivity contribution < 1.29 is 19.1 Å². The van der Waals surface area contributed by atoms with E-state index in [2.05, 4.69) is 10.3 Å². The van der Waals surface area contributed by atoms with Crippen LogP contribution in [0.25, 0.3) is 0 Å². The number of aromatic nitrogens is 1. The van der Waals surface area contributed by atoms with Gasteiger partial charge in [-0.3, -0.25) is 9.59 Å². The number of fused-ring (bicyclic) bond motifs is 1. The Kier molecular flexibility index (Phi) is 4.74. The van der Waals surface area contributed by atoms with Gasteiger partial charge in [-0.25, -0.2) is 4.98 Å². The number of hydrogen-bond donors (Lipinski definition) is 1. The van der Waals surface area contributed by atoms with Crippen molar-refractivity contribution in [2.24, 2.45) is 0 Å². The highest BCUT2D eigenvalue weighted by Gasteiger charge is 2.41. The Morgan fingerprint density at radius 1 is 1.32 bits per heavy atom. The third-order valence-electron chi connectivity index (χ3n) is 5.39. The highest BCUT2D eigenvalue weighted by Crippen LogP contribution is 2.35. The summed E-state index contributed by atoms with van der Waals surface area (Å²) in [6.07, 6.45) is 1.31. The van der Waals surface area contributed by atoms with Gasteiger partial charge in [0.15, 0.2) is 0 Å². The Morgan fingerprint density at radius 3 is 2.71 bits per heavy atom. The van der Waals surface area contributed by atoms with Crippen LogP contribution in [0.15, 0.2) is 18.2 Å². The fraction of sp³-hybridized carbons (Fsp3) is 0.450. The predicted octanol–water partition coefficient (Wildman–Crippen LogP) is 2.57. The topological polar surface area (TPSA) is 80.8 Å². The normalized spacial score (nSPS) is 18.1. The molecule has 0 unspecified atom stereocenters. The van der Waals surface area contributed by atoms with E-state index in [1.165, 1.54) is 11.3 Å². The Hall–Kier alpha value is -2.61. The first-order valence-corrected chi connectivity index (χ1v) is 10.1. The number of rotatable bonds is 2. The lowest BCUT2D eigenvalue weighted by molar-refractivity contribution is 0.00783. The second-order valence-electron chi connectivity index (χ2n) is 7.27. The first-order chi connectivity index (χ1) is 13.4. The molecule has 1 aromatic carbocycles. The minimum atomic E-state index is -0.509. The molecule has 4 rings (SSSR count). The van der Waals surface area contributed by atoms with Gasteiger partial charge < -0.3 is 19.7 Å². The van der Waals surface area contributed by atoms with Gasteiger partial charge in [-0.05, 0) is 32.0 Å². The van der Waals surface area contributed by atoms with Crippen LogP contribution < -0.4 is 14.8 Å². The lowest BCUT2D eigenvalue weighted by Gasteiger charge is -2.41. The van der Waals surface area contributed by atoms with Gasteiger partial charge in [0.1, 0.15) is 22.0 Å². The number of aryl methyl sites for hydroxylation is 2. The molecule has 2 aliphatic heterocycles. The molecule has 7 nitrogen and oxygen atoms in total. The third-order valence-corrected chi connectivity index (χ3v) is 6.45. The summed E-state index contributed by atoms with van der Waals surface area (Å²) in [7, 11) is 1.57. The fourth-order valence-electron chi connectivity index (χ4n) is 3.78. The zero-order valence-corrected chi connectivity index (χ0v) is 17.0. The molecule has 1 fully saturated rings. The van der Waals surface area contributed by atoms with Crippen molar-refractivity contribution in [1.82, 2.24) is 15.2 Å². The molecule has 2 amide bonds. The molecule has 3 heterocycles. The lowest BCUT2D eigenvalue weighted by atomic mass is 9.90. The van der Waals surface area contributed by atoms with E-state index in [0.717, 1.165) is 10.7 Å². The lowest BCUT2D eigenvalue weighted by Crippen LogP contribution is -2.54. The molecule has 0 aliphatic carbocycles. The van der Waals surface area contributed by atoms with Crippen LogP contribution in [-0.2, 0) is 0 Å². The van der Waals surface area contributed by atoms with E-state index in [0.29, 0.717) is 54.4 Å². The largest absolute Gasteiger partial charge is 0.497 e. The molecular formula is C20H23N3O4S. The Balaban J connectivity index is 1.51. The van der Waals surface area contributed by atoms with Gasteiger partial charge in [-0.15, -0.1) is 11.3 Å². The molecule has 1 spiro atoms. The van der Waals surface area contributed by atoms with E-state index in [-0.39, 0.29) is 11.8 Å². The maximum atomic E-state index is 12.9. The van der Waals surface area contributed by atoms with Crippen LogP contribution in [0.3, 0.4) is 0 Å². The van der Waals surface area contributed by atoms with Crippen molar-refractivity contribution in [3.8, 4) is 11.5 Å². The van der Waals surface area contributed by atoms with Crippen molar-refractivity contribution in [1.29, 1.82) is 0 Å². The average molecular weight is 401 g/mol. The van der Waals surface area contributed by atoms with Crippen molar-refractivity contribution >= 4 is 23.2 Å². The van der Waals surface area contributed by atoms with Crippen molar-refractivity contribution in [3.63, 3.8) is 0 Å². The molecule has 148 valence electrons. The van der Waals surface area contributed by atoms with Gasteiger partial charge in [-0.1, -0.05) is 0 Å². The van der Waals surface area contributed by atoms with Crippen molar-refractivity contribution in [2.45, 2.75) is 32.3 Å². The van der Waals surface area contributed by atoms with Crippen LogP contribution >= 0.6 is 11.3 Å². The number of thiazole rings is 1. The molecule has 2 aromatic rings. The molecule has 0 radical (unpaired) electrons. The van der Waals surface area contributed by atoms with Crippen LogP contribution in [0.1, 0.15) is 43.6 Å². The first kappa shape index (κ1) is 18.7. The number of ether oxygens (including phenoxy) is 2. The maximum absolute atomic E-state index is 12.9. The summed E-state index contributed by atoms with van der Waals surface area (Å²) in [5.41, 5.74) is 0.754. The number of hydrogen-bond acceptors (Lipinski definition) is 6. The number of nitrogens with zero attached hydrogens (tertiary/aromatic N) is 2. The summed E-state index contributed by atoms with van der Waals surface area (Å²) >= 11 is 1.44. The van der Waals surface area contributed by atoms with Gasteiger partial charge in [0.2, 0.25) is 0 Å². The zero-order chi connectivity index (χ0) is 19.9. The Labute approximate surface area is 167 Å². The highest BCUT2D eigenvalue weighted by atomic mass is 32.1. The van der Waals surface area contributed by atoms with E-state index in [1.807, 2.05) is 18.7 Å². The smallest absolute Gasteiger partial charge is 0.265 e. The fourth-order valence-corrected chi connectivity index (χ4v) is 4.67. The van der Waals surface area contributed by atoms with Crippen molar-refractivity contribution in [2.75, 3.05) is 26.7 Å².